The molecule has 0 N–H and O–H groups in total. The second kappa shape index (κ2) is 18.3. The fourth-order valence-electron chi connectivity index (χ4n) is 5.07. The molecule has 8 heteroatoms. The fourth-order valence-corrected chi connectivity index (χ4v) is 5.07. The van der Waals surface area contributed by atoms with Crippen LogP contribution in [0.2, 0.25) is 0 Å². The first kappa shape index (κ1) is 38.2. The van der Waals surface area contributed by atoms with E-state index in [1.165, 1.54) is 61.1 Å². The Hall–Kier alpha value is -5.24. The zero-order chi connectivity index (χ0) is 36.1. The van der Waals surface area contributed by atoms with Crippen molar-refractivity contribution in [3.8, 4) is 23.0 Å². The zero-order valence-corrected chi connectivity index (χ0v) is 29.7. The van der Waals surface area contributed by atoms with Gasteiger partial charge in [0.15, 0.2) is 23.0 Å². The van der Waals surface area contributed by atoms with Gasteiger partial charge in [-0.15, -0.1) is 0 Å². The largest absolute Gasteiger partial charge is 0.423 e. The van der Waals surface area contributed by atoms with Gasteiger partial charge >= 0.3 is 23.9 Å². The Morgan fingerprint density at radius 1 is 0.388 bits per heavy atom. The van der Waals surface area contributed by atoms with Crippen molar-refractivity contribution in [3.05, 3.63) is 117 Å². The van der Waals surface area contributed by atoms with Crippen molar-refractivity contribution in [3.63, 3.8) is 0 Å². The van der Waals surface area contributed by atoms with Crippen LogP contribution in [0, 0.1) is 27.7 Å². The molecule has 8 nitrogen and oxygen atoms in total. The van der Waals surface area contributed by atoms with Crippen LogP contribution in [-0.2, 0) is 44.9 Å². The topological polar surface area (TPSA) is 105 Å². The Bertz CT molecular complexity index is 1800. The maximum absolute atomic E-state index is 11.3. The summed E-state index contributed by atoms with van der Waals surface area (Å²) in [5.41, 5.74) is 9.79. The molecule has 49 heavy (non-hydrogen) atoms. The summed E-state index contributed by atoms with van der Waals surface area (Å²) in [7, 11) is 0. The van der Waals surface area contributed by atoms with E-state index in [1.807, 2.05) is 12.1 Å². The van der Waals surface area contributed by atoms with E-state index in [-0.39, 0.29) is 23.0 Å². The quantitative estimate of drug-likeness (QED) is 0.116. The molecule has 0 radical (unpaired) electrons. The predicted octanol–water partition coefficient (Wildman–Crippen LogP) is 8.27. The Labute approximate surface area is 289 Å². The molecule has 0 heterocycles. The van der Waals surface area contributed by atoms with Crippen LogP contribution in [0.3, 0.4) is 0 Å². The molecule has 0 atom stereocenters. The molecule has 0 amide bonds. The lowest BCUT2D eigenvalue weighted by Crippen LogP contribution is -2.07. The SMILES string of the molecule is CC(=O)Oc1ccc(CCCc2ccc(C)c(C)c2)cc1OC(C)=O.CC(=O)Oc1ccc(CCc2ccc(C)c(C)c2)cc1OC(C)=O. The standard InChI is InChI=1S/C21H24O4.C20H22O4/c1-14-8-9-18(12-15(14)2)6-5-7-19-10-11-20(24-16(3)22)21(13-19)25-17(4)23;1-13-5-6-17(11-14(13)2)7-8-18-9-10-19(23-15(3)21)20(12-18)24-16(4)22/h8-13H,5-7H2,1-4H3;5-6,9-12H,7-8H2,1-4H3. The molecule has 0 aliphatic rings. The molecular weight excluding hydrogens is 620 g/mol. The third kappa shape index (κ3) is 13.1. The smallest absolute Gasteiger partial charge is 0.308 e. The summed E-state index contributed by atoms with van der Waals surface area (Å²) in [4.78, 5) is 44.8. The van der Waals surface area contributed by atoms with Crippen LogP contribution in [0.4, 0.5) is 0 Å². The highest BCUT2D eigenvalue weighted by Crippen LogP contribution is 2.31. The number of ether oxygens (including phenoxy) is 4. The lowest BCUT2D eigenvalue weighted by Gasteiger charge is -2.11. The van der Waals surface area contributed by atoms with E-state index >= 15 is 0 Å². The molecule has 0 aromatic heterocycles. The summed E-state index contributed by atoms with van der Waals surface area (Å²) >= 11 is 0. The minimum atomic E-state index is -0.453. The summed E-state index contributed by atoms with van der Waals surface area (Å²) in [5.74, 6) is -0.715. The first-order valence-electron chi connectivity index (χ1n) is 16.3. The molecule has 0 fully saturated rings. The Morgan fingerprint density at radius 2 is 0.694 bits per heavy atom. The number of rotatable bonds is 11. The molecule has 0 saturated heterocycles. The molecule has 258 valence electrons. The molecule has 4 aromatic rings. The van der Waals surface area contributed by atoms with Crippen molar-refractivity contribution in [2.75, 3.05) is 0 Å². The van der Waals surface area contributed by atoms with Gasteiger partial charge in [-0.2, -0.15) is 0 Å². The maximum atomic E-state index is 11.3. The average Bonchev–Trinajstić information content (AvgIpc) is 3.01. The Morgan fingerprint density at radius 3 is 1.06 bits per heavy atom. The highest BCUT2D eigenvalue weighted by atomic mass is 16.6. The maximum Gasteiger partial charge on any atom is 0.308 e. The number of carbonyl (C=O) groups excluding carboxylic acids is 4. The van der Waals surface area contributed by atoms with E-state index in [0.717, 1.165) is 43.2 Å². The van der Waals surface area contributed by atoms with E-state index in [4.69, 9.17) is 18.9 Å². The van der Waals surface area contributed by atoms with E-state index in [2.05, 4.69) is 64.1 Å². The van der Waals surface area contributed by atoms with Gasteiger partial charge in [0, 0.05) is 27.7 Å². The van der Waals surface area contributed by atoms with Gasteiger partial charge in [0.1, 0.15) is 0 Å². The molecule has 0 bridgehead atoms. The van der Waals surface area contributed by atoms with Gasteiger partial charge in [-0.25, -0.2) is 0 Å². The number of carbonyl (C=O) groups is 4. The van der Waals surface area contributed by atoms with E-state index in [1.54, 1.807) is 24.3 Å². The van der Waals surface area contributed by atoms with Gasteiger partial charge in [0.2, 0.25) is 0 Å². The van der Waals surface area contributed by atoms with Crippen LogP contribution in [0.1, 0.15) is 78.6 Å². The number of hydrogen-bond donors (Lipinski definition) is 0. The van der Waals surface area contributed by atoms with Crippen LogP contribution in [-0.4, -0.2) is 23.9 Å². The molecule has 0 saturated carbocycles. The van der Waals surface area contributed by atoms with E-state index in [9.17, 15) is 19.2 Å². The summed E-state index contributed by atoms with van der Waals surface area (Å²) in [6.45, 7) is 13.7. The number of benzene rings is 4. The van der Waals surface area contributed by atoms with Crippen molar-refractivity contribution in [1.29, 1.82) is 0 Å². The fraction of sp³-hybridized carbons (Fsp3) is 0.317. The Balaban J connectivity index is 0.000000266. The summed E-state index contributed by atoms with van der Waals surface area (Å²) < 4.78 is 20.5. The molecule has 4 rings (SSSR count). The van der Waals surface area contributed by atoms with Gasteiger partial charge in [-0.3, -0.25) is 19.2 Å². The third-order valence-electron chi connectivity index (χ3n) is 7.81. The summed E-state index contributed by atoms with van der Waals surface area (Å²) in [6.07, 6.45) is 4.50. The van der Waals surface area contributed by atoms with Crippen LogP contribution in [0.15, 0.2) is 72.8 Å². The second-order valence-corrected chi connectivity index (χ2v) is 12.1. The lowest BCUT2D eigenvalue weighted by molar-refractivity contribution is -0.134. The summed E-state index contributed by atoms with van der Waals surface area (Å²) in [6, 6.07) is 23.6. The average molecular weight is 667 g/mol. The number of esters is 4. The molecular formula is C41H46O8. The van der Waals surface area contributed by atoms with E-state index < -0.39 is 23.9 Å². The van der Waals surface area contributed by atoms with Crippen molar-refractivity contribution in [2.45, 2.75) is 87.5 Å². The van der Waals surface area contributed by atoms with Crippen molar-refractivity contribution in [2.24, 2.45) is 0 Å². The monoisotopic (exact) mass is 666 g/mol. The van der Waals surface area contributed by atoms with Crippen molar-refractivity contribution >= 4 is 23.9 Å². The molecule has 4 aromatic carbocycles. The van der Waals surface area contributed by atoms with Crippen molar-refractivity contribution < 1.29 is 38.1 Å². The van der Waals surface area contributed by atoms with Gasteiger partial charge in [-0.1, -0.05) is 48.5 Å². The highest BCUT2D eigenvalue weighted by Gasteiger charge is 2.13. The van der Waals surface area contributed by atoms with E-state index in [0.29, 0.717) is 0 Å². The molecule has 0 aliphatic heterocycles. The zero-order valence-electron chi connectivity index (χ0n) is 29.7. The van der Waals surface area contributed by atoms with Crippen LogP contribution < -0.4 is 18.9 Å². The van der Waals surface area contributed by atoms with Gasteiger partial charge < -0.3 is 18.9 Å². The molecule has 0 aliphatic carbocycles. The van der Waals surface area contributed by atoms with Gasteiger partial charge in [0.05, 0.1) is 0 Å². The lowest BCUT2D eigenvalue weighted by atomic mass is 10.0. The minimum Gasteiger partial charge on any atom is -0.423 e. The van der Waals surface area contributed by atoms with Crippen LogP contribution >= 0.6 is 0 Å². The first-order valence-corrected chi connectivity index (χ1v) is 16.3. The highest BCUT2D eigenvalue weighted by molar-refractivity contribution is 5.74. The normalized spacial score (nSPS) is 10.4. The first-order chi connectivity index (χ1) is 23.2. The molecule has 0 spiro atoms. The predicted molar refractivity (Wildman–Crippen MR) is 189 cm³/mol. The van der Waals surface area contributed by atoms with Crippen molar-refractivity contribution in [1.82, 2.24) is 0 Å². The number of aryl methyl sites for hydroxylation is 8. The minimum absolute atomic E-state index is 0.257. The number of hydrogen-bond acceptors (Lipinski definition) is 8. The second-order valence-electron chi connectivity index (χ2n) is 12.1. The Kier molecular flexibility index (Phi) is 14.3. The van der Waals surface area contributed by atoms with Gasteiger partial charge in [0.25, 0.3) is 0 Å². The molecule has 0 unspecified atom stereocenters. The van der Waals surface area contributed by atoms with Crippen LogP contribution in [0.25, 0.3) is 0 Å². The third-order valence-corrected chi connectivity index (χ3v) is 7.81. The van der Waals surface area contributed by atoms with Gasteiger partial charge in [-0.05, 0) is 129 Å². The van der Waals surface area contributed by atoms with Crippen LogP contribution in [0.5, 0.6) is 23.0 Å². The summed E-state index contributed by atoms with van der Waals surface area (Å²) in [5, 5.41) is 0.